The molecule has 0 saturated carbocycles. The van der Waals surface area contributed by atoms with Crippen molar-refractivity contribution in [2.75, 3.05) is 5.88 Å². The van der Waals surface area contributed by atoms with Gasteiger partial charge in [0.15, 0.2) is 0 Å². The van der Waals surface area contributed by atoms with Gasteiger partial charge in [0.25, 0.3) is 0 Å². The van der Waals surface area contributed by atoms with E-state index in [2.05, 4.69) is 0 Å². The first kappa shape index (κ1) is 17.5. The number of hydrogen-bond acceptors (Lipinski definition) is 5. The number of thioether (sulfide) groups is 1. The molecule has 3 unspecified atom stereocenters. The summed E-state index contributed by atoms with van der Waals surface area (Å²) < 4.78 is 63.1. The third-order valence-electron chi connectivity index (χ3n) is 4.01. The summed E-state index contributed by atoms with van der Waals surface area (Å²) in [5.41, 5.74) is 0.874. The van der Waals surface area contributed by atoms with Crippen molar-refractivity contribution in [3.63, 3.8) is 0 Å². The van der Waals surface area contributed by atoms with Crippen LogP contribution < -0.4 is 5.73 Å². The maximum absolute atomic E-state index is 13.0. The van der Waals surface area contributed by atoms with Crippen LogP contribution in [0.1, 0.15) is 5.56 Å². The van der Waals surface area contributed by atoms with Crippen LogP contribution in [0.4, 0.5) is 13.2 Å². The first-order valence-electron chi connectivity index (χ1n) is 6.96. The van der Waals surface area contributed by atoms with E-state index in [0.29, 0.717) is 9.87 Å². The molecule has 24 heavy (non-hydrogen) atoms. The Morgan fingerprint density at radius 3 is 2.46 bits per heavy atom. The number of β-lactam (4-membered cyclic amide) rings is 1. The van der Waals surface area contributed by atoms with Gasteiger partial charge in [0, 0.05) is 6.42 Å². The topological polar surface area (TPSA) is 83.7 Å². The highest BCUT2D eigenvalue weighted by Crippen LogP contribution is 2.42. The Kier molecular flexibility index (Phi) is 4.31. The summed E-state index contributed by atoms with van der Waals surface area (Å²) >= 11 is 0.917. The van der Waals surface area contributed by atoms with E-state index in [-0.39, 0.29) is 6.42 Å². The van der Waals surface area contributed by atoms with Crippen molar-refractivity contribution in [2.45, 2.75) is 29.5 Å². The van der Waals surface area contributed by atoms with Crippen LogP contribution in [0, 0.1) is 0 Å². The predicted octanol–water partition coefficient (Wildman–Crippen LogP) is 0.907. The van der Waals surface area contributed by atoms with E-state index < -0.39 is 44.9 Å². The largest absolute Gasteiger partial charge is 0.511 e. The highest BCUT2D eigenvalue weighted by Gasteiger charge is 2.60. The van der Waals surface area contributed by atoms with Crippen LogP contribution in [0.25, 0.3) is 0 Å². The summed E-state index contributed by atoms with van der Waals surface area (Å²) in [4.78, 5) is 13.1. The van der Waals surface area contributed by atoms with Gasteiger partial charge in [-0.1, -0.05) is 30.3 Å². The van der Waals surface area contributed by atoms with Gasteiger partial charge < -0.3 is 10.6 Å². The molecule has 1 aromatic carbocycles. The van der Waals surface area contributed by atoms with Crippen LogP contribution in [0.5, 0.6) is 0 Å². The van der Waals surface area contributed by atoms with Crippen molar-refractivity contribution in [3.05, 3.63) is 35.9 Å². The lowest BCUT2D eigenvalue weighted by Crippen LogP contribution is -2.76. The summed E-state index contributed by atoms with van der Waals surface area (Å²) in [6.07, 6.45) is -1.27. The van der Waals surface area contributed by atoms with Crippen LogP contribution in [0.15, 0.2) is 30.3 Å². The number of rotatable bonds is 3. The van der Waals surface area contributed by atoms with Crippen LogP contribution in [-0.4, -0.2) is 52.5 Å². The zero-order valence-corrected chi connectivity index (χ0v) is 13.8. The molecule has 6 nitrogen and oxygen atoms in total. The van der Waals surface area contributed by atoms with Crippen molar-refractivity contribution in [2.24, 2.45) is 5.73 Å². The van der Waals surface area contributed by atoms with Gasteiger partial charge in [0.2, 0.25) is 5.91 Å². The number of sulfonamides is 1. The average Bonchev–Trinajstić information content (AvgIpc) is 2.53. The summed E-state index contributed by atoms with van der Waals surface area (Å²) in [5.74, 6) is -0.947. The quantitative estimate of drug-likeness (QED) is 0.787. The van der Waals surface area contributed by atoms with Gasteiger partial charge in [-0.2, -0.15) is 17.5 Å². The minimum atomic E-state index is -5.55. The minimum Gasteiger partial charge on any atom is -0.317 e. The number of amides is 1. The van der Waals surface area contributed by atoms with Crippen molar-refractivity contribution in [3.8, 4) is 0 Å². The molecule has 11 heteroatoms. The zero-order chi connectivity index (χ0) is 17.7. The number of fused-ring (bicyclic) bond motifs is 1. The van der Waals surface area contributed by atoms with Crippen LogP contribution in [-0.2, 0) is 21.2 Å². The van der Waals surface area contributed by atoms with E-state index in [9.17, 15) is 26.4 Å². The van der Waals surface area contributed by atoms with Gasteiger partial charge in [0.05, 0.1) is 5.88 Å². The van der Waals surface area contributed by atoms with Crippen molar-refractivity contribution in [1.29, 1.82) is 0 Å². The zero-order valence-electron chi connectivity index (χ0n) is 12.2. The smallest absolute Gasteiger partial charge is 0.317 e. The third-order valence-corrected chi connectivity index (χ3v) is 7.04. The van der Waals surface area contributed by atoms with Gasteiger partial charge in [-0.3, -0.25) is 4.79 Å². The molecular weight excluding hydrogens is 367 g/mol. The molecule has 2 aliphatic heterocycles. The summed E-state index contributed by atoms with van der Waals surface area (Å²) in [7, 11) is -5.55. The fourth-order valence-electron chi connectivity index (χ4n) is 2.77. The second-order valence-electron chi connectivity index (χ2n) is 5.47. The van der Waals surface area contributed by atoms with E-state index in [1.807, 2.05) is 0 Å². The second kappa shape index (κ2) is 5.90. The lowest BCUT2D eigenvalue weighted by atomic mass is 10.0. The SMILES string of the molecule is NC1C(=O)N2C1SCN(S(=O)(=O)C(F)(F)F)C2Cc1ccccc1. The number of hydrogen-bond donors (Lipinski definition) is 1. The summed E-state index contributed by atoms with van der Waals surface area (Å²) in [5, 5.41) is -0.508. The summed E-state index contributed by atoms with van der Waals surface area (Å²) in [6, 6.07) is 7.63. The number of halogens is 3. The Labute approximate surface area is 140 Å². The fourth-order valence-corrected chi connectivity index (χ4v) is 5.47. The van der Waals surface area contributed by atoms with Gasteiger partial charge in [-0.25, -0.2) is 8.42 Å². The van der Waals surface area contributed by atoms with Crippen LogP contribution in [0.2, 0.25) is 0 Å². The van der Waals surface area contributed by atoms with Crippen LogP contribution in [0.3, 0.4) is 0 Å². The molecule has 2 N–H and O–H groups in total. The molecule has 132 valence electrons. The Morgan fingerprint density at radius 2 is 1.88 bits per heavy atom. The fraction of sp³-hybridized carbons (Fsp3) is 0.462. The Balaban J connectivity index is 1.97. The van der Waals surface area contributed by atoms with Crippen molar-refractivity contribution < 1.29 is 26.4 Å². The first-order chi connectivity index (χ1) is 11.1. The maximum Gasteiger partial charge on any atom is 0.511 e. The molecular formula is C13H14F3N3O3S2. The van der Waals surface area contributed by atoms with E-state index in [1.54, 1.807) is 30.3 Å². The molecule has 0 spiro atoms. The van der Waals surface area contributed by atoms with Crippen LogP contribution >= 0.6 is 11.8 Å². The predicted molar refractivity (Wildman–Crippen MR) is 81.8 cm³/mol. The number of nitrogens with two attached hydrogens (primary N) is 1. The highest BCUT2D eigenvalue weighted by atomic mass is 32.2. The Bertz CT molecular complexity index is 742. The maximum atomic E-state index is 13.0. The van der Waals surface area contributed by atoms with Gasteiger partial charge in [-0.05, 0) is 5.56 Å². The van der Waals surface area contributed by atoms with Gasteiger partial charge in [-0.15, -0.1) is 11.8 Å². The number of benzene rings is 1. The van der Waals surface area contributed by atoms with E-state index in [1.165, 1.54) is 0 Å². The first-order valence-corrected chi connectivity index (χ1v) is 9.45. The van der Waals surface area contributed by atoms with E-state index >= 15 is 0 Å². The molecule has 1 amide bonds. The molecule has 3 rings (SSSR count). The molecule has 2 saturated heterocycles. The molecule has 2 fully saturated rings. The monoisotopic (exact) mass is 381 g/mol. The molecule has 0 bridgehead atoms. The van der Waals surface area contributed by atoms with Crippen molar-refractivity contribution in [1.82, 2.24) is 9.21 Å². The molecule has 1 aromatic rings. The van der Waals surface area contributed by atoms with E-state index in [4.69, 9.17) is 5.73 Å². The van der Waals surface area contributed by atoms with Gasteiger partial charge in [0.1, 0.15) is 17.6 Å². The minimum absolute atomic E-state index is 0.0360. The highest BCUT2D eigenvalue weighted by molar-refractivity contribution is 8.01. The number of alkyl halides is 3. The third kappa shape index (κ3) is 2.68. The standard InChI is InChI=1S/C13H14F3N3O3S2/c14-13(15,16)24(21,22)18-7-23-12-10(17)11(20)19(12)9(18)6-8-4-2-1-3-5-8/h1-5,9-10,12H,6-7,17H2. The van der Waals surface area contributed by atoms with E-state index in [0.717, 1.165) is 16.7 Å². The van der Waals surface area contributed by atoms with Crippen molar-refractivity contribution >= 4 is 27.7 Å². The molecule has 2 heterocycles. The molecule has 3 atom stereocenters. The average molecular weight is 381 g/mol. The Hall–Kier alpha value is -1.30. The Morgan fingerprint density at radius 1 is 1.25 bits per heavy atom. The molecule has 0 aromatic heterocycles. The molecule has 0 radical (unpaired) electrons. The molecule has 0 aliphatic carbocycles. The second-order valence-corrected chi connectivity index (χ2v) is 8.42. The normalized spacial score (nSPS) is 28.4. The number of carbonyl (C=O) groups is 1. The van der Waals surface area contributed by atoms with Gasteiger partial charge >= 0.3 is 15.5 Å². The number of carbonyl (C=O) groups excluding carboxylic acids is 1. The number of nitrogens with zero attached hydrogens (tertiary/aromatic N) is 2. The lowest BCUT2D eigenvalue weighted by Gasteiger charge is -2.55. The molecule has 2 aliphatic rings. The summed E-state index contributed by atoms with van der Waals surface area (Å²) in [6.45, 7) is 0. The lowest BCUT2D eigenvalue weighted by molar-refractivity contribution is -0.153.